The summed E-state index contributed by atoms with van der Waals surface area (Å²) >= 11 is 6.29. The van der Waals surface area contributed by atoms with Gasteiger partial charge in [-0.25, -0.2) is 13.1 Å². The van der Waals surface area contributed by atoms with E-state index in [1.165, 1.54) is 12.1 Å². The Bertz CT molecular complexity index is 529. The fourth-order valence-corrected chi connectivity index (χ4v) is 4.03. The van der Waals surface area contributed by atoms with Gasteiger partial charge in [-0.1, -0.05) is 18.5 Å². The second kappa shape index (κ2) is 5.96. The summed E-state index contributed by atoms with van der Waals surface area (Å²) in [5, 5.41) is 8.93. The smallest absolute Gasteiger partial charge is 0.393 e. The number of aliphatic hydroxyl groups excluding tert-OH is 1. The Kier molecular flexibility index (Phi) is 5.24. The van der Waals surface area contributed by atoms with Crippen LogP contribution in [0, 0.1) is 5.92 Å². The first-order valence-electron chi connectivity index (χ1n) is 5.03. The van der Waals surface area contributed by atoms with Crippen LogP contribution in [0.5, 0.6) is 0 Å². The van der Waals surface area contributed by atoms with E-state index in [0.717, 1.165) is 18.3 Å². The average Bonchev–Trinajstić information content (AvgIpc) is 2.71. The number of hydrogen-bond donors (Lipinski definition) is 2. The Morgan fingerprint density at radius 3 is 2.42 bits per heavy atom. The normalized spacial score (nSPS) is 16.3. The maximum Gasteiger partial charge on any atom is 0.393 e. The van der Waals surface area contributed by atoms with Gasteiger partial charge in [-0.05, 0) is 12.1 Å². The Morgan fingerprint density at radius 2 is 2.05 bits per heavy atom. The predicted octanol–water partition coefficient (Wildman–Crippen LogP) is 2.24. The van der Waals surface area contributed by atoms with Gasteiger partial charge >= 0.3 is 6.18 Å². The molecule has 2 N–H and O–H groups in total. The lowest BCUT2D eigenvalue weighted by Gasteiger charge is -2.24. The van der Waals surface area contributed by atoms with Crippen molar-refractivity contribution in [2.45, 2.75) is 23.4 Å². The lowest BCUT2D eigenvalue weighted by molar-refractivity contribution is -0.178. The minimum Gasteiger partial charge on any atom is -0.395 e. The summed E-state index contributed by atoms with van der Waals surface area (Å²) in [5.74, 6) is -2.01. The first-order chi connectivity index (χ1) is 8.58. The minimum atomic E-state index is -4.61. The quantitative estimate of drug-likeness (QED) is 0.866. The van der Waals surface area contributed by atoms with Crippen LogP contribution in [0.1, 0.15) is 6.92 Å². The van der Waals surface area contributed by atoms with Crippen molar-refractivity contribution in [2.24, 2.45) is 5.92 Å². The molecule has 10 heteroatoms. The van der Waals surface area contributed by atoms with Crippen LogP contribution in [0.25, 0.3) is 0 Å². The summed E-state index contributed by atoms with van der Waals surface area (Å²) in [6, 6.07) is 0.857. The molecule has 0 fully saturated rings. The molecule has 0 saturated carbocycles. The van der Waals surface area contributed by atoms with Crippen molar-refractivity contribution in [2.75, 3.05) is 6.61 Å². The Labute approximate surface area is 117 Å². The van der Waals surface area contributed by atoms with E-state index in [4.69, 9.17) is 16.7 Å². The van der Waals surface area contributed by atoms with Crippen molar-refractivity contribution in [1.82, 2.24) is 4.72 Å². The van der Waals surface area contributed by atoms with Crippen molar-refractivity contribution in [3.05, 3.63) is 16.5 Å². The highest BCUT2D eigenvalue weighted by Crippen LogP contribution is 2.30. The van der Waals surface area contributed by atoms with Crippen molar-refractivity contribution < 1.29 is 26.7 Å². The van der Waals surface area contributed by atoms with E-state index in [1.807, 2.05) is 4.72 Å². The molecule has 0 spiro atoms. The van der Waals surface area contributed by atoms with Gasteiger partial charge in [0.15, 0.2) is 0 Å². The zero-order chi connectivity index (χ0) is 14.8. The van der Waals surface area contributed by atoms with Gasteiger partial charge in [-0.3, -0.25) is 0 Å². The zero-order valence-electron chi connectivity index (χ0n) is 9.61. The summed E-state index contributed by atoms with van der Waals surface area (Å²) in [6.07, 6.45) is -4.61. The van der Waals surface area contributed by atoms with Crippen LogP contribution < -0.4 is 4.72 Å². The summed E-state index contributed by atoms with van der Waals surface area (Å²) in [4.78, 5) is 0. The lowest BCUT2D eigenvalue weighted by atomic mass is 10.0. The second-order valence-corrected chi connectivity index (χ2v) is 7.46. The highest BCUT2D eigenvalue weighted by Gasteiger charge is 2.42. The molecule has 0 saturated heterocycles. The van der Waals surface area contributed by atoms with Crippen LogP contribution in [0.3, 0.4) is 0 Å². The van der Waals surface area contributed by atoms with E-state index in [-0.39, 0.29) is 8.55 Å². The highest BCUT2D eigenvalue weighted by molar-refractivity contribution is 7.91. The molecule has 1 rings (SSSR count). The third-order valence-corrected chi connectivity index (χ3v) is 5.65. The molecule has 1 aromatic rings. The van der Waals surface area contributed by atoms with Crippen LogP contribution in [0.15, 0.2) is 16.3 Å². The topological polar surface area (TPSA) is 66.4 Å². The second-order valence-electron chi connectivity index (χ2n) is 3.80. The molecule has 1 unspecified atom stereocenters. The SMILES string of the molecule is CC([C@@H](CO)NS(=O)(=O)c1ccc(Cl)s1)C(F)(F)F. The number of aliphatic hydroxyl groups is 1. The molecule has 0 bridgehead atoms. The number of rotatable bonds is 5. The number of alkyl halides is 3. The molecule has 2 atom stereocenters. The summed E-state index contributed by atoms with van der Waals surface area (Å²) in [7, 11) is -4.13. The van der Waals surface area contributed by atoms with Crippen LogP contribution in [-0.4, -0.2) is 32.3 Å². The molecule has 0 radical (unpaired) electrons. The number of sulfonamides is 1. The molecule has 0 aliphatic carbocycles. The van der Waals surface area contributed by atoms with Crippen molar-refractivity contribution in [3.63, 3.8) is 0 Å². The first-order valence-corrected chi connectivity index (χ1v) is 7.71. The third kappa shape index (κ3) is 4.32. The molecular weight excluding hydrogens is 327 g/mol. The molecule has 1 heterocycles. The van der Waals surface area contributed by atoms with E-state index in [1.54, 1.807) is 0 Å². The fourth-order valence-electron chi connectivity index (χ4n) is 1.23. The number of thiophene rings is 1. The standard InChI is InChI=1S/C9H11ClF3NO3S2/c1-5(9(11,12)13)6(4-15)14-19(16,17)8-3-2-7(10)18-8/h2-3,5-6,14-15H,4H2,1H3/t5?,6-/m1/s1. The average molecular weight is 338 g/mol. The molecule has 0 amide bonds. The minimum absolute atomic E-state index is 0.199. The van der Waals surface area contributed by atoms with Crippen LogP contribution >= 0.6 is 22.9 Å². The molecular formula is C9H11ClF3NO3S2. The van der Waals surface area contributed by atoms with Gasteiger partial charge in [0.25, 0.3) is 0 Å². The predicted molar refractivity (Wildman–Crippen MR) is 65.7 cm³/mol. The first kappa shape index (κ1) is 16.7. The molecule has 4 nitrogen and oxygen atoms in total. The zero-order valence-corrected chi connectivity index (χ0v) is 12.0. The monoisotopic (exact) mass is 337 g/mol. The van der Waals surface area contributed by atoms with Crippen LogP contribution in [-0.2, 0) is 10.0 Å². The van der Waals surface area contributed by atoms with E-state index >= 15 is 0 Å². The molecule has 0 aromatic carbocycles. The maximum atomic E-state index is 12.5. The maximum absolute atomic E-state index is 12.5. The van der Waals surface area contributed by atoms with Gasteiger partial charge in [0.05, 0.1) is 22.9 Å². The Balaban J connectivity index is 2.93. The Hall–Kier alpha value is -0.350. The summed E-state index contributed by atoms with van der Waals surface area (Å²) < 4.78 is 63.0. The number of halogens is 4. The van der Waals surface area contributed by atoms with Crippen molar-refractivity contribution >= 4 is 33.0 Å². The summed E-state index contributed by atoms with van der Waals surface area (Å²) in [6.45, 7) is -0.163. The largest absolute Gasteiger partial charge is 0.395 e. The van der Waals surface area contributed by atoms with E-state index < -0.39 is 34.8 Å². The lowest BCUT2D eigenvalue weighted by Crippen LogP contribution is -2.46. The van der Waals surface area contributed by atoms with Crippen LogP contribution in [0.2, 0.25) is 4.34 Å². The van der Waals surface area contributed by atoms with E-state index in [2.05, 4.69) is 0 Å². The molecule has 110 valence electrons. The van der Waals surface area contributed by atoms with Crippen molar-refractivity contribution in [3.8, 4) is 0 Å². The molecule has 0 aliphatic heterocycles. The van der Waals surface area contributed by atoms with Gasteiger partial charge in [0.2, 0.25) is 10.0 Å². The highest BCUT2D eigenvalue weighted by atomic mass is 35.5. The fraction of sp³-hybridized carbons (Fsp3) is 0.556. The van der Waals surface area contributed by atoms with Gasteiger partial charge in [-0.15, -0.1) is 11.3 Å². The number of nitrogens with one attached hydrogen (secondary N) is 1. The van der Waals surface area contributed by atoms with Gasteiger partial charge in [0.1, 0.15) is 4.21 Å². The van der Waals surface area contributed by atoms with Gasteiger partial charge < -0.3 is 5.11 Å². The molecule has 19 heavy (non-hydrogen) atoms. The Morgan fingerprint density at radius 1 is 1.47 bits per heavy atom. The summed E-state index contributed by atoms with van der Waals surface area (Å²) in [5.41, 5.74) is 0. The van der Waals surface area contributed by atoms with Crippen molar-refractivity contribution in [1.29, 1.82) is 0 Å². The van der Waals surface area contributed by atoms with Gasteiger partial charge in [0, 0.05) is 0 Å². The van der Waals surface area contributed by atoms with Crippen LogP contribution in [0.4, 0.5) is 13.2 Å². The van der Waals surface area contributed by atoms with Gasteiger partial charge in [-0.2, -0.15) is 13.2 Å². The third-order valence-electron chi connectivity index (χ3n) is 2.44. The molecule has 0 aliphatic rings. The van der Waals surface area contributed by atoms with E-state index in [9.17, 15) is 21.6 Å². The van der Waals surface area contributed by atoms with E-state index in [0.29, 0.717) is 0 Å². The molecule has 1 aromatic heterocycles. The number of hydrogen-bond acceptors (Lipinski definition) is 4.